The average molecular weight is 414 g/mol. The van der Waals surface area contributed by atoms with Gasteiger partial charge in [-0.1, -0.05) is 11.6 Å². The summed E-state index contributed by atoms with van der Waals surface area (Å²) < 4.78 is 23.9. The summed E-state index contributed by atoms with van der Waals surface area (Å²) in [4.78, 5) is 12.0. The summed E-state index contributed by atoms with van der Waals surface area (Å²) in [5.41, 5.74) is 0.452. The van der Waals surface area contributed by atoms with Crippen molar-refractivity contribution in [1.29, 1.82) is 0 Å². The van der Waals surface area contributed by atoms with E-state index in [1.54, 1.807) is 18.2 Å². The van der Waals surface area contributed by atoms with Crippen LogP contribution in [0.15, 0.2) is 18.2 Å². The van der Waals surface area contributed by atoms with Gasteiger partial charge in [0.1, 0.15) is 0 Å². The van der Waals surface area contributed by atoms with Crippen LogP contribution in [0.3, 0.4) is 0 Å². The first kappa shape index (κ1) is 15.1. The predicted molar refractivity (Wildman–Crippen MR) is 83.3 cm³/mol. The third kappa shape index (κ3) is 4.06. The SMILES string of the molecule is O=C(NC1CCCS(=O)(=O)C1)c1ccc(I)c(Cl)c1. The minimum atomic E-state index is -3.02. The van der Waals surface area contributed by atoms with E-state index < -0.39 is 9.84 Å². The zero-order valence-electron chi connectivity index (χ0n) is 10.0. The van der Waals surface area contributed by atoms with Crippen molar-refractivity contribution in [3.63, 3.8) is 0 Å². The van der Waals surface area contributed by atoms with E-state index in [1.165, 1.54) is 0 Å². The van der Waals surface area contributed by atoms with Gasteiger partial charge < -0.3 is 5.32 Å². The molecule has 0 aromatic heterocycles. The number of nitrogens with one attached hydrogen (secondary N) is 1. The first-order chi connectivity index (χ1) is 8.87. The molecule has 0 saturated carbocycles. The van der Waals surface area contributed by atoms with Gasteiger partial charge in [0.2, 0.25) is 0 Å². The van der Waals surface area contributed by atoms with E-state index in [9.17, 15) is 13.2 Å². The molecule has 0 aliphatic carbocycles. The Hall–Kier alpha value is -0.340. The van der Waals surface area contributed by atoms with Gasteiger partial charge in [-0.3, -0.25) is 4.79 Å². The maximum Gasteiger partial charge on any atom is 0.251 e. The van der Waals surface area contributed by atoms with Gasteiger partial charge in [0, 0.05) is 15.2 Å². The molecule has 7 heteroatoms. The molecule has 0 bridgehead atoms. The number of benzene rings is 1. The van der Waals surface area contributed by atoms with E-state index in [4.69, 9.17) is 11.6 Å². The zero-order valence-corrected chi connectivity index (χ0v) is 13.8. The van der Waals surface area contributed by atoms with Gasteiger partial charge in [-0.2, -0.15) is 0 Å². The Kier molecular flexibility index (Phi) is 4.73. The monoisotopic (exact) mass is 413 g/mol. The molecule has 1 aliphatic heterocycles. The topological polar surface area (TPSA) is 63.2 Å². The molecule has 0 radical (unpaired) electrons. The minimum absolute atomic E-state index is 0.0246. The molecule has 104 valence electrons. The lowest BCUT2D eigenvalue weighted by molar-refractivity contribution is 0.0938. The molecule has 2 rings (SSSR count). The maximum atomic E-state index is 12.0. The molecule has 0 spiro atoms. The molecule has 1 N–H and O–H groups in total. The Balaban J connectivity index is 2.06. The van der Waals surface area contributed by atoms with Crippen LogP contribution in [-0.2, 0) is 9.84 Å². The second kappa shape index (κ2) is 5.97. The summed E-state index contributed by atoms with van der Waals surface area (Å²) in [6.07, 6.45) is 1.30. The number of rotatable bonds is 2. The fourth-order valence-electron chi connectivity index (χ4n) is 2.04. The Morgan fingerprint density at radius 2 is 2.16 bits per heavy atom. The summed E-state index contributed by atoms with van der Waals surface area (Å²) >= 11 is 8.04. The molecule has 1 unspecified atom stereocenters. The molecular formula is C12H13ClINO3S. The number of carbonyl (C=O) groups is 1. The van der Waals surface area contributed by atoms with Crippen molar-refractivity contribution in [3.8, 4) is 0 Å². The third-order valence-electron chi connectivity index (χ3n) is 2.98. The van der Waals surface area contributed by atoms with Crippen molar-refractivity contribution in [2.75, 3.05) is 11.5 Å². The minimum Gasteiger partial charge on any atom is -0.348 e. The predicted octanol–water partition coefficient (Wildman–Crippen LogP) is 2.25. The fourth-order valence-corrected chi connectivity index (χ4v) is 4.20. The van der Waals surface area contributed by atoms with Crippen LogP contribution >= 0.6 is 34.2 Å². The van der Waals surface area contributed by atoms with E-state index >= 15 is 0 Å². The van der Waals surface area contributed by atoms with E-state index in [-0.39, 0.29) is 23.5 Å². The quantitative estimate of drug-likeness (QED) is 0.757. The van der Waals surface area contributed by atoms with Crippen molar-refractivity contribution < 1.29 is 13.2 Å². The van der Waals surface area contributed by atoms with Crippen molar-refractivity contribution in [2.45, 2.75) is 18.9 Å². The summed E-state index contributed by atoms with van der Waals surface area (Å²) in [6.45, 7) is 0. The highest BCUT2D eigenvalue weighted by Crippen LogP contribution is 2.20. The van der Waals surface area contributed by atoms with Crippen molar-refractivity contribution in [1.82, 2.24) is 5.32 Å². The summed E-state index contributed by atoms with van der Waals surface area (Å²) in [5.74, 6) is -0.0358. The van der Waals surface area contributed by atoms with Gasteiger partial charge in [-0.05, 0) is 53.6 Å². The maximum absolute atomic E-state index is 12.0. The Morgan fingerprint density at radius 3 is 2.79 bits per heavy atom. The molecule has 1 fully saturated rings. The third-order valence-corrected chi connectivity index (χ3v) is 6.37. The van der Waals surface area contributed by atoms with E-state index in [1.807, 2.05) is 0 Å². The molecule has 1 heterocycles. The van der Waals surface area contributed by atoms with Gasteiger partial charge >= 0.3 is 0 Å². The second-order valence-electron chi connectivity index (χ2n) is 4.56. The largest absolute Gasteiger partial charge is 0.348 e. The van der Waals surface area contributed by atoms with Gasteiger partial charge in [0.05, 0.1) is 16.5 Å². The van der Waals surface area contributed by atoms with Crippen molar-refractivity contribution in [2.24, 2.45) is 0 Å². The standard InChI is InChI=1S/C12H13ClINO3S/c13-10-6-8(3-4-11(10)14)12(16)15-9-2-1-5-19(17,18)7-9/h3-4,6,9H,1-2,5,7H2,(H,15,16). The number of hydrogen-bond donors (Lipinski definition) is 1. The highest BCUT2D eigenvalue weighted by atomic mass is 127. The highest BCUT2D eigenvalue weighted by Gasteiger charge is 2.26. The molecule has 1 aromatic carbocycles. The van der Waals surface area contributed by atoms with Crippen molar-refractivity contribution in [3.05, 3.63) is 32.4 Å². The summed E-state index contributed by atoms with van der Waals surface area (Å²) in [6, 6.07) is 4.73. The van der Waals surface area contributed by atoms with Gasteiger partial charge in [-0.25, -0.2) is 8.42 Å². The first-order valence-corrected chi connectivity index (χ1v) is 9.11. The fraction of sp³-hybridized carbons (Fsp3) is 0.417. The molecule has 1 saturated heterocycles. The number of halogens is 2. The van der Waals surface area contributed by atoms with Crippen molar-refractivity contribution >= 4 is 49.9 Å². The zero-order chi connectivity index (χ0) is 14.0. The molecule has 4 nitrogen and oxygen atoms in total. The van der Waals surface area contributed by atoms with Crippen LogP contribution in [0.2, 0.25) is 5.02 Å². The van der Waals surface area contributed by atoms with E-state index in [0.717, 1.165) is 3.57 Å². The lowest BCUT2D eigenvalue weighted by Crippen LogP contribution is -2.43. The Morgan fingerprint density at radius 1 is 1.42 bits per heavy atom. The molecule has 1 atom stereocenters. The summed E-state index contributed by atoms with van der Waals surface area (Å²) in [7, 11) is -3.02. The van der Waals surface area contributed by atoms with Crippen LogP contribution in [0.1, 0.15) is 23.2 Å². The number of hydrogen-bond acceptors (Lipinski definition) is 3. The molecule has 1 aliphatic rings. The van der Waals surface area contributed by atoms with E-state index in [2.05, 4.69) is 27.9 Å². The molecular weight excluding hydrogens is 401 g/mol. The first-order valence-electron chi connectivity index (χ1n) is 5.84. The van der Waals surface area contributed by atoms with E-state index in [0.29, 0.717) is 23.4 Å². The van der Waals surface area contributed by atoms with Crippen LogP contribution in [0.4, 0.5) is 0 Å². The smallest absolute Gasteiger partial charge is 0.251 e. The van der Waals surface area contributed by atoms with Crippen LogP contribution in [0, 0.1) is 3.57 Å². The van der Waals surface area contributed by atoms with Crippen LogP contribution in [-0.4, -0.2) is 31.9 Å². The van der Waals surface area contributed by atoms with Gasteiger partial charge in [-0.15, -0.1) is 0 Å². The van der Waals surface area contributed by atoms with Crippen LogP contribution in [0.25, 0.3) is 0 Å². The lowest BCUT2D eigenvalue weighted by atomic mass is 10.1. The normalized spacial score (nSPS) is 21.9. The van der Waals surface area contributed by atoms with Gasteiger partial charge in [0.25, 0.3) is 5.91 Å². The number of carbonyl (C=O) groups excluding carboxylic acids is 1. The average Bonchev–Trinajstić information content (AvgIpc) is 2.31. The van der Waals surface area contributed by atoms with Gasteiger partial charge in [0.15, 0.2) is 9.84 Å². The molecule has 1 aromatic rings. The second-order valence-corrected chi connectivity index (χ2v) is 8.35. The Labute approximate surface area is 131 Å². The summed E-state index contributed by atoms with van der Waals surface area (Å²) in [5, 5.41) is 3.28. The highest BCUT2D eigenvalue weighted by molar-refractivity contribution is 14.1. The lowest BCUT2D eigenvalue weighted by Gasteiger charge is -2.23. The number of sulfone groups is 1. The molecule has 19 heavy (non-hydrogen) atoms. The number of amides is 1. The van der Waals surface area contributed by atoms with Crippen LogP contribution in [0.5, 0.6) is 0 Å². The molecule has 1 amide bonds. The Bertz CT molecular complexity index is 603. The van der Waals surface area contributed by atoms with Crippen LogP contribution < -0.4 is 5.32 Å².